The molecule has 29 heavy (non-hydrogen) atoms. The number of nitrogens with zero attached hydrogens (tertiary/aromatic N) is 1. The first kappa shape index (κ1) is 25.8. The predicted octanol–water partition coefficient (Wildman–Crippen LogP) is -2.08. The highest BCUT2D eigenvalue weighted by Gasteiger charge is 2.45. The summed E-state index contributed by atoms with van der Waals surface area (Å²) in [5, 5.41) is 29.9. The molecule has 0 saturated carbocycles. The Hall–Kier alpha value is -1.22. The van der Waals surface area contributed by atoms with Crippen molar-refractivity contribution in [1.29, 1.82) is 0 Å². The molecule has 8 unspecified atom stereocenters. The van der Waals surface area contributed by atoms with Crippen LogP contribution in [0, 0.1) is 10.8 Å². The standard InChI is InChI=1S/C17H33N2O10/c1-19(23)17(27-5)29-12(8-21)15(25-3)10(18)6-9-13(22)16(26-4)28-11(7-20)14(9)24-2/h6,9,11-17,20-22H,7-8,18H2,1-5H3/q+1/b10-6-. The molecule has 0 aliphatic carbocycles. The van der Waals surface area contributed by atoms with Crippen LogP contribution in [0.5, 0.6) is 0 Å². The Morgan fingerprint density at radius 2 is 1.86 bits per heavy atom. The number of hydrogen-bond donors (Lipinski definition) is 4. The van der Waals surface area contributed by atoms with Crippen molar-refractivity contribution < 1.29 is 48.5 Å². The molecule has 1 rings (SSSR count). The van der Waals surface area contributed by atoms with Crippen molar-refractivity contribution in [3.05, 3.63) is 16.7 Å². The molecule has 1 aliphatic heterocycles. The summed E-state index contributed by atoms with van der Waals surface area (Å²) in [7, 11) is 6.59. The lowest BCUT2D eigenvalue weighted by molar-refractivity contribution is -0.662. The zero-order valence-electron chi connectivity index (χ0n) is 17.3. The van der Waals surface area contributed by atoms with Crippen molar-refractivity contribution in [3.8, 4) is 0 Å². The van der Waals surface area contributed by atoms with Gasteiger partial charge in [-0.25, -0.2) is 0 Å². The maximum absolute atomic E-state index is 11.5. The van der Waals surface area contributed by atoms with Gasteiger partial charge in [0.25, 0.3) is 0 Å². The van der Waals surface area contributed by atoms with Crippen molar-refractivity contribution >= 4 is 0 Å². The van der Waals surface area contributed by atoms with E-state index in [1.54, 1.807) is 0 Å². The molecule has 0 aromatic heterocycles. The molecule has 12 heteroatoms. The van der Waals surface area contributed by atoms with Gasteiger partial charge >= 0.3 is 6.41 Å². The van der Waals surface area contributed by atoms with Gasteiger partial charge in [-0.3, -0.25) is 9.47 Å². The van der Waals surface area contributed by atoms with E-state index in [1.807, 2.05) is 0 Å². The van der Waals surface area contributed by atoms with Gasteiger partial charge in [-0.1, -0.05) is 6.08 Å². The molecule has 12 nitrogen and oxygen atoms in total. The minimum atomic E-state index is -1.28. The van der Waals surface area contributed by atoms with Crippen molar-refractivity contribution in [2.24, 2.45) is 11.7 Å². The normalized spacial score (nSPS) is 31.3. The van der Waals surface area contributed by atoms with Crippen LogP contribution in [0.25, 0.3) is 0 Å². The molecule has 1 fully saturated rings. The number of ether oxygens (including phenoxy) is 6. The summed E-state index contributed by atoms with van der Waals surface area (Å²) in [6.07, 6.45) is -5.47. The second-order valence-electron chi connectivity index (χ2n) is 6.50. The summed E-state index contributed by atoms with van der Waals surface area (Å²) in [5.74, 6) is -0.728. The van der Waals surface area contributed by atoms with Crippen LogP contribution in [0.1, 0.15) is 0 Å². The zero-order chi connectivity index (χ0) is 22.1. The summed E-state index contributed by atoms with van der Waals surface area (Å²) in [4.78, 5) is 11.5. The van der Waals surface area contributed by atoms with E-state index in [1.165, 1.54) is 41.6 Å². The lowest BCUT2D eigenvalue weighted by Crippen LogP contribution is -2.56. The van der Waals surface area contributed by atoms with Crippen molar-refractivity contribution in [2.75, 3.05) is 48.7 Å². The Morgan fingerprint density at radius 3 is 2.28 bits per heavy atom. The zero-order valence-corrected chi connectivity index (χ0v) is 17.3. The summed E-state index contributed by atoms with van der Waals surface area (Å²) < 4.78 is 32.2. The number of aliphatic hydroxyl groups is 3. The lowest BCUT2D eigenvalue weighted by atomic mass is 9.87. The fourth-order valence-corrected chi connectivity index (χ4v) is 3.27. The molecule has 0 radical (unpaired) electrons. The van der Waals surface area contributed by atoms with Gasteiger partial charge in [-0.05, 0) is 0 Å². The van der Waals surface area contributed by atoms with Gasteiger partial charge in [0.2, 0.25) is 0 Å². The predicted molar refractivity (Wildman–Crippen MR) is 98.4 cm³/mol. The summed E-state index contributed by atoms with van der Waals surface area (Å²) in [6, 6.07) is 0. The van der Waals surface area contributed by atoms with Crippen molar-refractivity contribution in [1.82, 2.24) is 0 Å². The van der Waals surface area contributed by atoms with Gasteiger partial charge in [0.1, 0.15) is 24.4 Å². The van der Waals surface area contributed by atoms with E-state index < -0.39 is 55.7 Å². The van der Waals surface area contributed by atoms with Gasteiger partial charge in [-0.15, -0.1) is 0 Å². The Kier molecular flexibility index (Phi) is 11.1. The van der Waals surface area contributed by atoms with Crippen LogP contribution in [-0.2, 0) is 28.4 Å². The molecule has 0 aromatic rings. The molecule has 8 atom stereocenters. The smallest absolute Gasteiger partial charge is 0.400 e. The lowest BCUT2D eigenvalue weighted by Gasteiger charge is -2.42. The third-order valence-electron chi connectivity index (χ3n) is 4.69. The number of hydrogen-bond acceptors (Lipinski definition) is 11. The summed E-state index contributed by atoms with van der Waals surface area (Å²) >= 11 is 0. The quantitative estimate of drug-likeness (QED) is 0.200. The molecular weight excluding hydrogens is 392 g/mol. The van der Waals surface area contributed by atoms with Crippen molar-refractivity contribution in [2.45, 2.75) is 43.2 Å². The van der Waals surface area contributed by atoms with Crippen LogP contribution in [0.3, 0.4) is 0 Å². The van der Waals surface area contributed by atoms with Gasteiger partial charge in [0.15, 0.2) is 13.3 Å². The van der Waals surface area contributed by atoms with Crippen LogP contribution < -0.4 is 5.73 Å². The molecule has 0 aromatic carbocycles. The monoisotopic (exact) mass is 425 g/mol. The van der Waals surface area contributed by atoms with E-state index in [9.17, 15) is 20.2 Å². The van der Waals surface area contributed by atoms with Crippen molar-refractivity contribution in [3.63, 3.8) is 0 Å². The van der Waals surface area contributed by atoms with Crippen LogP contribution >= 0.6 is 0 Å². The first-order valence-electron chi connectivity index (χ1n) is 8.98. The van der Waals surface area contributed by atoms with Crippen LogP contribution in [-0.4, -0.2) is 112 Å². The molecule has 170 valence electrons. The average Bonchev–Trinajstić information content (AvgIpc) is 2.71. The molecule has 0 amide bonds. The van der Waals surface area contributed by atoms with Crippen LogP contribution in [0.2, 0.25) is 0 Å². The molecule has 1 saturated heterocycles. The highest BCUT2D eigenvalue weighted by Crippen LogP contribution is 2.30. The van der Waals surface area contributed by atoms with E-state index in [0.717, 1.165) is 0 Å². The summed E-state index contributed by atoms with van der Waals surface area (Å²) in [6.45, 7) is -0.887. The first-order chi connectivity index (χ1) is 13.8. The third kappa shape index (κ3) is 6.38. The number of nitroso groups, excluding NO2 is 1. The van der Waals surface area contributed by atoms with E-state index in [2.05, 4.69) is 0 Å². The molecule has 0 spiro atoms. The molecule has 5 N–H and O–H groups in total. The summed E-state index contributed by atoms with van der Waals surface area (Å²) in [5.41, 5.74) is 6.29. The number of rotatable bonds is 12. The van der Waals surface area contributed by atoms with Gasteiger partial charge in [0, 0.05) is 45.0 Å². The largest absolute Gasteiger partial charge is 0.421 e. The maximum atomic E-state index is 11.5. The van der Waals surface area contributed by atoms with Gasteiger partial charge in [-0.2, -0.15) is 0 Å². The van der Waals surface area contributed by atoms with E-state index in [4.69, 9.17) is 34.2 Å². The van der Waals surface area contributed by atoms with Crippen LogP contribution in [0.15, 0.2) is 11.8 Å². The Morgan fingerprint density at radius 1 is 1.21 bits per heavy atom. The van der Waals surface area contributed by atoms with Gasteiger partial charge in [0.05, 0.1) is 24.1 Å². The number of nitrogens with two attached hydrogens (primary N) is 1. The fourth-order valence-electron chi connectivity index (χ4n) is 3.27. The van der Waals surface area contributed by atoms with E-state index >= 15 is 0 Å². The highest BCUT2D eigenvalue weighted by molar-refractivity contribution is 5.13. The second kappa shape index (κ2) is 12.5. The second-order valence-corrected chi connectivity index (χ2v) is 6.50. The number of aliphatic hydroxyl groups excluding tert-OH is 3. The highest BCUT2D eigenvalue weighted by atomic mass is 16.7. The SMILES string of the molecule is COC1OC(CO)C(OC)C(/C=C(\N)C(OC)C(CO)OC(OC)[N+](C)=O)C1O. The number of methoxy groups -OCH3 is 4. The molecular formula is C17H33N2O10+. The topological polar surface area (TPSA) is 162 Å². The average molecular weight is 425 g/mol. The Balaban J connectivity index is 3.16. The molecule has 0 bridgehead atoms. The maximum Gasteiger partial charge on any atom is 0.421 e. The third-order valence-corrected chi connectivity index (χ3v) is 4.69. The fraction of sp³-hybridized carbons (Fsp3) is 0.882. The molecule has 1 aliphatic rings. The van der Waals surface area contributed by atoms with E-state index in [0.29, 0.717) is 4.76 Å². The Labute approximate surface area is 169 Å². The first-order valence-corrected chi connectivity index (χ1v) is 8.98. The molecule has 1 heterocycles. The minimum absolute atomic E-state index is 0.106. The van der Waals surface area contributed by atoms with E-state index in [-0.39, 0.29) is 12.3 Å². The van der Waals surface area contributed by atoms with Gasteiger partial charge < -0.3 is 40.0 Å². The minimum Gasteiger partial charge on any atom is -0.400 e. The van der Waals surface area contributed by atoms with Crippen LogP contribution in [0.4, 0.5) is 0 Å². The Bertz CT molecular complexity index is 534.